The molecule has 0 aliphatic carbocycles. The normalized spacial score (nSPS) is 13.0. The van der Waals surface area contributed by atoms with Gasteiger partial charge in [-0.25, -0.2) is 0 Å². The lowest BCUT2D eigenvalue weighted by atomic mass is 9.81. The zero-order chi connectivity index (χ0) is 40.7. The number of fused-ring (bicyclic) bond motifs is 3. The fourth-order valence-electron chi connectivity index (χ4n) is 6.97. The van der Waals surface area contributed by atoms with Gasteiger partial charge in [0.05, 0.1) is 16.6 Å². The third-order valence-corrected chi connectivity index (χ3v) is 10.2. The van der Waals surface area contributed by atoms with Crippen molar-refractivity contribution >= 4 is 32.7 Å². The highest BCUT2D eigenvalue weighted by Crippen LogP contribution is 2.36. The van der Waals surface area contributed by atoms with Crippen LogP contribution in [-0.2, 0) is 32.5 Å². The summed E-state index contributed by atoms with van der Waals surface area (Å²) >= 11 is 0. The second-order valence-electron chi connectivity index (χ2n) is 21.2. The number of hydrogen-bond donors (Lipinski definition) is 0. The Morgan fingerprint density at radius 1 is 0.315 bits per heavy atom. The average molecular weight is 724 g/mol. The molecule has 0 spiro atoms. The minimum atomic E-state index is 0.128. The summed E-state index contributed by atoms with van der Waals surface area (Å²) in [7, 11) is 0. The Labute approximate surface area is 328 Å². The quantitative estimate of drug-likeness (QED) is 0.157. The van der Waals surface area contributed by atoms with Crippen LogP contribution in [0.25, 0.3) is 32.7 Å². The van der Waals surface area contributed by atoms with E-state index in [4.69, 9.17) is 0 Å². The molecule has 6 rings (SSSR count). The molecule has 0 aliphatic rings. The van der Waals surface area contributed by atoms with Gasteiger partial charge >= 0.3 is 0 Å². The van der Waals surface area contributed by atoms with Crippen molar-refractivity contribution in [3.05, 3.63) is 125 Å². The van der Waals surface area contributed by atoms with Crippen LogP contribution in [0.4, 0.5) is 0 Å². The van der Waals surface area contributed by atoms with Gasteiger partial charge in [0.1, 0.15) is 0 Å². The van der Waals surface area contributed by atoms with Gasteiger partial charge in [0.2, 0.25) is 0 Å². The van der Waals surface area contributed by atoms with Crippen molar-refractivity contribution in [2.45, 2.75) is 157 Å². The predicted molar refractivity (Wildman–Crippen MR) is 237 cm³/mol. The topological polar surface area (TPSA) is 38.7 Å². The number of hydrogen-bond acceptors (Lipinski definition) is 3. The first-order valence-corrected chi connectivity index (χ1v) is 19.8. The molecule has 0 radical (unpaired) electrons. The van der Waals surface area contributed by atoms with Gasteiger partial charge in [-0.1, -0.05) is 161 Å². The molecule has 0 unspecified atom stereocenters. The van der Waals surface area contributed by atoms with E-state index in [1.165, 1.54) is 49.5 Å². The van der Waals surface area contributed by atoms with Crippen LogP contribution in [0, 0.1) is 0 Å². The van der Waals surface area contributed by atoms with Crippen LogP contribution >= 0.6 is 0 Å². The summed E-state index contributed by atoms with van der Waals surface area (Å²) in [5.41, 5.74) is 12.4. The zero-order valence-corrected chi connectivity index (χ0v) is 37.0. The first-order chi connectivity index (χ1) is 24.6. The molecule has 54 heavy (non-hydrogen) atoms. The number of pyridine rings is 3. The monoisotopic (exact) mass is 724 g/mol. The van der Waals surface area contributed by atoms with Gasteiger partial charge in [-0.15, -0.1) is 0 Å². The molecule has 0 bridgehead atoms. The largest absolute Gasteiger partial charge is 0.256 e. The molecule has 6 aromatic rings. The molecule has 0 amide bonds. The number of para-hydroxylation sites is 1. The summed E-state index contributed by atoms with van der Waals surface area (Å²) in [6, 6.07) is 26.3. The smallest absolute Gasteiger partial charge is 0.0742 e. The Morgan fingerprint density at radius 2 is 0.741 bits per heavy atom. The lowest BCUT2D eigenvalue weighted by molar-refractivity contribution is 0.587. The molecule has 3 aromatic carbocycles. The molecular formula is C51H69N3. The molecule has 288 valence electrons. The molecule has 0 atom stereocenters. The second kappa shape index (κ2) is 15.2. The summed E-state index contributed by atoms with van der Waals surface area (Å²) in [6.07, 6.45) is 5.78. The maximum absolute atomic E-state index is 4.62. The molecule has 3 heteroatoms. The molecule has 0 saturated carbocycles. The third kappa shape index (κ3) is 10.1. The van der Waals surface area contributed by atoms with E-state index >= 15 is 0 Å². The van der Waals surface area contributed by atoms with Crippen molar-refractivity contribution in [3.63, 3.8) is 0 Å². The Morgan fingerprint density at radius 3 is 1.24 bits per heavy atom. The minimum absolute atomic E-state index is 0.128. The highest BCUT2D eigenvalue weighted by atomic mass is 14.7. The number of rotatable bonds is 0. The van der Waals surface area contributed by atoms with Crippen molar-refractivity contribution in [2.24, 2.45) is 0 Å². The van der Waals surface area contributed by atoms with Crippen molar-refractivity contribution in [1.29, 1.82) is 0 Å². The first kappa shape index (κ1) is 42.6. The molecule has 0 saturated heterocycles. The van der Waals surface area contributed by atoms with E-state index in [1.54, 1.807) is 0 Å². The molecule has 0 fully saturated rings. The second-order valence-corrected chi connectivity index (χ2v) is 21.2. The van der Waals surface area contributed by atoms with E-state index in [2.05, 4.69) is 212 Å². The highest BCUT2D eigenvalue weighted by Gasteiger charge is 2.23. The molecule has 3 nitrogen and oxygen atoms in total. The fourth-order valence-corrected chi connectivity index (χ4v) is 6.97. The van der Waals surface area contributed by atoms with Crippen molar-refractivity contribution < 1.29 is 0 Å². The first-order valence-electron chi connectivity index (χ1n) is 19.8. The Kier molecular flexibility index (Phi) is 12.0. The maximum Gasteiger partial charge on any atom is 0.0742 e. The van der Waals surface area contributed by atoms with Crippen molar-refractivity contribution in [2.75, 3.05) is 0 Å². The van der Waals surface area contributed by atoms with E-state index < -0.39 is 0 Å². The van der Waals surface area contributed by atoms with Crippen LogP contribution in [0.3, 0.4) is 0 Å². The van der Waals surface area contributed by atoms with Crippen LogP contribution in [0.1, 0.15) is 158 Å². The van der Waals surface area contributed by atoms with Gasteiger partial charge in [0.15, 0.2) is 0 Å². The Hall–Kier alpha value is -4.11. The van der Waals surface area contributed by atoms with E-state index in [0.717, 1.165) is 16.6 Å². The van der Waals surface area contributed by atoms with Gasteiger partial charge in [-0.3, -0.25) is 15.0 Å². The standard InChI is InChI=1S/3C17H23N/c1-16(2,3)12-7-8-15-13(11-12)14(9-10-18-15)17(4,5)6;1-16(2,3)12-7-8-13-14(17(4,5)6)9-10-18-15(13)11-12;1-16(2,3)13-10-11-18-15-12(13)8-7-9-14(15)17(4,5)6/h3*7-11H,1-6H3. The third-order valence-electron chi connectivity index (χ3n) is 10.2. The summed E-state index contributed by atoms with van der Waals surface area (Å²) in [5.74, 6) is 0. The van der Waals surface area contributed by atoms with E-state index in [9.17, 15) is 0 Å². The molecule has 3 heterocycles. The van der Waals surface area contributed by atoms with Crippen LogP contribution in [0.5, 0.6) is 0 Å². The van der Waals surface area contributed by atoms with Crippen molar-refractivity contribution in [1.82, 2.24) is 15.0 Å². The summed E-state index contributed by atoms with van der Waals surface area (Å²) < 4.78 is 0. The van der Waals surface area contributed by atoms with Crippen LogP contribution < -0.4 is 0 Å². The maximum atomic E-state index is 4.62. The molecule has 0 N–H and O–H groups in total. The Balaban J connectivity index is 0.000000180. The van der Waals surface area contributed by atoms with Gasteiger partial charge in [-0.05, 0) is 102 Å². The van der Waals surface area contributed by atoms with E-state index in [-0.39, 0.29) is 32.5 Å². The predicted octanol–water partition coefficient (Wildman–Crippen LogP) is 14.5. The minimum Gasteiger partial charge on any atom is -0.256 e. The van der Waals surface area contributed by atoms with E-state index in [0.29, 0.717) is 0 Å². The average Bonchev–Trinajstić information content (AvgIpc) is 3.04. The lowest BCUT2D eigenvalue weighted by Gasteiger charge is -2.25. The highest BCUT2D eigenvalue weighted by molar-refractivity contribution is 5.87. The summed E-state index contributed by atoms with van der Waals surface area (Å²) in [4.78, 5) is 13.6. The zero-order valence-electron chi connectivity index (χ0n) is 37.0. The summed E-state index contributed by atoms with van der Waals surface area (Å²) in [5, 5.41) is 3.85. The molecule has 3 aromatic heterocycles. The molecule has 0 aliphatic heterocycles. The number of benzene rings is 3. The van der Waals surface area contributed by atoms with Gasteiger partial charge < -0.3 is 0 Å². The fraction of sp³-hybridized carbons (Fsp3) is 0.471. The van der Waals surface area contributed by atoms with Gasteiger partial charge in [-0.2, -0.15) is 0 Å². The van der Waals surface area contributed by atoms with Crippen LogP contribution in [0.2, 0.25) is 0 Å². The van der Waals surface area contributed by atoms with Gasteiger partial charge in [0.25, 0.3) is 0 Å². The lowest BCUT2D eigenvalue weighted by Crippen LogP contribution is -2.15. The Bertz CT molecular complexity index is 2130. The van der Waals surface area contributed by atoms with E-state index in [1.807, 2.05) is 18.6 Å². The SMILES string of the molecule is CC(C)(C)c1ccc2c(C(C)(C)C)ccnc2c1.CC(C)(C)c1ccc2nccc(C(C)(C)C)c2c1.CC(C)(C)c1ccnc2c(C(C)(C)C)cccc12. The van der Waals surface area contributed by atoms with Crippen LogP contribution in [0.15, 0.2) is 91.4 Å². The number of aromatic nitrogens is 3. The van der Waals surface area contributed by atoms with Crippen molar-refractivity contribution in [3.8, 4) is 0 Å². The van der Waals surface area contributed by atoms with Crippen LogP contribution in [-0.4, -0.2) is 15.0 Å². The summed E-state index contributed by atoms with van der Waals surface area (Å²) in [6.45, 7) is 40.5. The number of nitrogens with zero attached hydrogens (tertiary/aromatic N) is 3. The van der Waals surface area contributed by atoms with Gasteiger partial charge in [0, 0.05) is 34.7 Å². The molecular weight excluding hydrogens is 655 g/mol.